The number of halogens is 3. The zero-order valence-electron chi connectivity index (χ0n) is 19.0. The van der Waals surface area contributed by atoms with Gasteiger partial charge < -0.3 is 25.7 Å². The van der Waals surface area contributed by atoms with E-state index < -0.39 is 35.0 Å². The molecule has 2 aromatic carbocycles. The summed E-state index contributed by atoms with van der Waals surface area (Å²) >= 11 is 0. The molecule has 2 atom stereocenters. The number of aryl methyl sites for hydroxylation is 1. The fourth-order valence-corrected chi connectivity index (χ4v) is 4.92. The SMILES string of the molecule is COc1nc2c(F)c(F)c(F)cc2nc1C1CC(NC(N)=O)CCN1c1c(C)[nH]c2ccccc12. The Balaban J connectivity index is 1.70. The first-order valence-corrected chi connectivity index (χ1v) is 11.1. The highest BCUT2D eigenvalue weighted by atomic mass is 19.2. The van der Waals surface area contributed by atoms with Gasteiger partial charge in [-0.25, -0.2) is 27.9 Å². The number of rotatable bonds is 4. The van der Waals surface area contributed by atoms with E-state index in [0.29, 0.717) is 25.1 Å². The summed E-state index contributed by atoms with van der Waals surface area (Å²) in [5.74, 6) is -4.43. The van der Waals surface area contributed by atoms with E-state index in [0.717, 1.165) is 28.4 Å². The predicted octanol–water partition coefficient (Wildman–Crippen LogP) is 4.22. The number of hydrogen-bond donors (Lipinski definition) is 3. The normalized spacial score (nSPS) is 18.3. The lowest BCUT2D eigenvalue weighted by molar-refractivity contribution is 0.240. The summed E-state index contributed by atoms with van der Waals surface area (Å²) in [5.41, 5.74) is 7.92. The molecule has 8 nitrogen and oxygen atoms in total. The van der Waals surface area contributed by atoms with Crippen molar-refractivity contribution in [3.8, 4) is 5.88 Å². The van der Waals surface area contributed by atoms with Gasteiger partial charge in [-0.1, -0.05) is 18.2 Å². The van der Waals surface area contributed by atoms with Crippen LogP contribution in [0.25, 0.3) is 21.9 Å². The maximum absolute atomic E-state index is 14.4. The molecule has 0 radical (unpaired) electrons. The zero-order chi connectivity index (χ0) is 24.9. The molecule has 4 aromatic rings. The van der Waals surface area contributed by atoms with E-state index in [1.165, 1.54) is 7.11 Å². The second-order valence-corrected chi connectivity index (χ2v) is 8.56. The van der Waals surface area contributed by atoms with Crippen LogP contribution < -0.4 is 20.7 Å². The summed E-state index contributed by atoms with van der Waals surface area (Å²) in [7, 11) is 1.35. The Kier molecular flexibility index (Phi) is 5.62. The van der Waals surface area contributed by atoms with Crippen molar-refractivity contribution < 1.29 is 22.7 Å². The largest absolute Gasteiger partial charge is 0.480 e. The van der Waals surface area contributed by atoms with E-state index in [1.807, 2.05) is 31.2 Å². The maximum atomic E-state index is 14.4. The molecule has 0 aliphatic carbocycles. The average molecular weight is 484 g/mol. The van der Waals surface area contributed by atoms with Gasteiger partial charge in [0.2, 0.25) is 5.88 Å². The highest BCUT2D eigenvalue weighted by Crippen LogP contribution is 2.42. The van der Waals surface area contributed by atoms with Crippen molar-refractivity contribution in [3.05, 3.63) is 59.2 Å². The number of H-pyrrole nitrogens is 1. The molecule has 0 saturated carbocycles. The topological polar surface area (TPSA) is 109 Å². The molecule has 2 aromatic heterocycles. The molecule has 35 heavy (non-hydrogen) atoms. The Labute approximate surface area is 198 Å². The van der Waals surface area contributed by atoms with E-state index in [2.05, 4.69) is 25.2 Å². The lowest BCUT2D eigenvalue weighted by Gasteiger charge is -2.41. The van der Waals surface area contributed by atoms with Gasteiger partial charge in [0.1, 0.15) is 11.2 Å². The molecule has 5 rings (SSSR count). The fourth-order valence-electron chi connectivity index (χ4n) is 4.92. The summed E-state index contributed by atoms with van der Waals surface area (Å²) in [5, 5.41) is 3.73. The molecule has 0 spiro atoms. The summed E-state index contributed by atoms with van der Waals surface area (Å²) in [4.78, 5) is 25.7. The Bertz CT molecular complexity index is 1460. The summed E-state index contributed by atoms with van der Waals surface area (Å²) in [6.45, 7) is 2.48. The van der Waals surface area contributed by atoms with Crippen molar-refractivity contribution in [2.45, 2.75) is 31.8 Å². The number of ether oxygens (including phenoxy) is 1. The quantitative estimate of drug-likeness (QED) is 0.376. The smallest absolute Gasteiger partial charge is 0.312 e. The number of carbonyl (C=O) groups excluding carboxylic acids is 1. The van der Waals surface area contributed by atoms with Crippen molar-refractivity contribution >= 4 is 33.7 Å². The second-order valence-electron chi connectivity index (χ2n) is 8.56. The average Bonchev–Trinajstić information content (AvgIpc) is 3.17. The van der Waals surface area contributed by atoms with Crippen LogP contribution in [-0.4, -0.2) is 40.7 Å². The molecule has 1 fully saturated rings. The Morgan fingerprint density at radius 1 is 1.23 bits per heavy atom. The minimum atomic E-state index is -1.62. The van der Waals surface area contributed by atoms with Gasteiger partial charge >= 0.3 is 6.03 Å². The number of fused-ring (bicyclic) bond motifs is 2. The monoisotopic (exact) mass is 484 g/mol. The first kappa shape index (κ1) is 22.8. The number of para-hydroxylation sites is 1. The van der Waals surface area contributed by atoms with Crippen molar-refractivity contribution in [2.24, 2.45) is 5.73 Å². The lowest BCUT2D eigenvalue weighted by Crippen LogP contribution is -2.48. The number of amides is 2. The van der Waals surface area contributed by atoms with Crippen molar-refractivity contribution in [1.29, 1.82) is 0 Å². The molecule has 0 bridgehead atoms. The molecule has 11 heteroatoms. The van der Waals surface area contributed by atoms with Crippen LogP contribution in [-0.2, 0) is 0 Å². The molecular weight excluding hydrogens is 461 g/mol. The van der Waals surface area contributed by atoms with E-state index in [9.17, 15) is 18.0 Å². The number of aromatic amines is 1. The number of benzene rings is 2. The summed E-state index contributed by atoms with van der Waals surface area (Å²) < 4.78 is 47.7. The van der Waals surface area contributed by atoms with Crippen LogP contribution in [0.1, 0.15) is 30.3 Å². The van der Waals surface area contributed by atoms with Crippen LogP contribution >= 0.6 is 0 Å². The van der Waals surface area contributed by atoms with Crippen LogP contribution in [0, 0.1) is 24.4 Å². The fraction of sp³-hybridized carbons (Fsp3) is 0.292. The van der Waals surface area contributed by atoms with Gasteiger partial charge in [-0.3, -0.25) is 0 Å². The van der Waals surface area contributed by atoms with Gasteiger partial charge in [0.25, 0.3) is 0 Å². The minimum absolute atomic E-state index is 0.0189. The van der Waals surface area contributed by atoms with Gasteiger partial charge in [0.05, 0.1) is 24.4 Å². The number of primary amides is 1. The van der Waals surface area contributed by atoms with E-state index in [4.69, 9.17) is 10.5 Å². The summed E-state index contributed by atoms with van der Waals surface area (Å²) in [6, 6.07) is 7.22. The number of urea groups is 1. The van der Waals surface area contributed by atoms with Crippen molar-refractivity contribution in [3.63, 3.8) is 0 Å². The molecule has 1 saturated heterocycles. The summed E-state index contributed by atoms with van der Waals surface area (Å²) in [6.07, 6.45) is 0.987. The number of carbonyl (C=O) groups is 1. The number of piperidine rings is 1. The molecule has 1 aliphatic rings. The van der Waals surface area contributed by atoms with Crippen LogP contribution in [0.2, 0.25) is 0 Å². The van der Waals surface area contributed by atoms with Crippen LogP contribution in [0.4, 0.5) is 23.7 Å². The zero-order valence-corrected chi connectivity index (χ0v) is 19.0. The standard InChI is InChI=1S/C24H23F3N6O2/c1-11-22(13-5-3-4-6-15(13)29-11)33-8-7-12(30-24(28)34)9-17(33)21-23(35-2)32-20-16(31-21)10-14(25)18(26)19(20)27/h3-6,10,12,17,29H,7-9H2,1-2H3,(H3,28,30,34). The number of anilines is 1. The van der Waals surface area contributed by atoms with Gasteiger partial charge in [-0.15, -0.1) is 0 Å². The number of methoxy groups -OCH3 is 1. The molecule has 182 valence electrons. The van der Waals surface area contributed by atoms with Crippen LogP contribution in [0.5, 0.6) is 5.88 Å². The molecule has 2 unspecified atom stereocenters. The lowest BCUT2D eigenvalue weighted by atomic mass is 9.93. The highest BCUT2D eigenvalue weighted by Gasteiger charge is 2.36. The number of nitrogens with zero attached hydrogens (tertiary/aromatic N) is 3. The maximum Gasteiger partial charge on any atom is 0.312 e. The van der Waals surface area contributed by atoms with Gasteiger partial charge in [-0.2, -0.15) is 0 Å². The van der Waals surface area contributed by atoms with Gasteiger partial charge in [-0.05, 0) is 25.8 Å². The van der Waals surface area contributed by atoms with Gasteiger partial charge in [0, 0.05) is 35.2 Å². The molecule has 4 N–H and O–H groups in total. The number of hydrogen-bond acceptors (Lipinski definition) is 5. The van der Waals surface area contributed by atoms with Gasteiger partial charge in [0.15, 0.2) is 17.5 Å². The Hall–Kier alpha value is -4.02. The van der Waals surface area contributed by atoms with E-state index in [1.54, 1.807) is 0 Å². The Morgan fingerprint density at radius 2 is 2.00 bits per heavy atom. The molecule has 1 aliphatic heterocycles. The van der Waals surface area contributed by atoms with Crippen molar-refractivity contribution in [2.75, 3.05) is 18.6 Å². The van der Waals surface area contributed by atoms with Crippen LogP contribution in [0.3, 0.4) is 0 Å². The Morgan fingerprint density at radius 3 is 2.74 bits per heavy atom. The third-order valence-corrected chi connectivity index (χ3v) is 6.39. The van der Waals surface area contributed by atoms with E-state index in [-0.39, 0.29) is 17.4 Å². The number of aromatic nitrogens is 3. The third kappa shape index (κ3) is 3.86. The highest BCUT2D eigenvalue weighted by molar-refractivity contribution is 5.95. The molecule has 2 amide bonds. The van der Waals surface area contributed by atoms with Crippen LogP contribution in [0.15, 0.2) is 30.3 Å². The number of nitrogens with one attached hydrogen (secondary N) is 2. The minimum Gasteiger partial charge on any atom is -0.480 e. The predicted molar refractivity (Wildman–Crippen MR) is 125 cm³/mol. The second kappa shape index (κ2) is 8.64. The number of nitrogens with two attached hydrogens (primary N) is 1. The first-order chi connectivity index (χ1) is 16.8. The third-order valence-electron chi connectivity index (χ3n) is 6.39. The molecular formula is C24H23F3N6O2. The molecule has 3 heterocycles. The first-order valence-electron chi connectivity index (χ1n) is 11.1. The van der Waals surface area contributed by atoms with Crippen molar-refractivity contribution in [1.82, 2.24) is 20.3 Å². The van der Waals surface area contributed by atoms with E-state index >= 15 is 0 Å².